The van der Waals surface area contributed by atoms with E-state index in [9.17, 15) is 4.79 Å². The van der Waals surface area contributed by atoms with Gasteiger partial charge in [0.05, 0.1) is 6.04 Å². The lowest BCUT2D eigenvalue weighted by molar-refractivity contribution is -0.122. The molecule has 3 N–H and O–H groups in total. The number of nitrogens with two attached hydrogens (primary N) is 1. The van der Waals surface area contributed by atoms with Gasteiger partial charge in [-0.15, -0.1) is 6.58 Å². The summed E-state index contributed by atoms with van der Waals surface area (Å²) in [6.45, 7) is 7.52. The number of carbonyl (C=O) groups is 1. The molecular formula is C11H21N3O. The van der Waals surface area contributed by atoms with Crippen LogP contribution in [0.4, 0.5) is 0 Å². The van der Waals surface area contributed by atoms with Crippen LogP contribution < -0.4 is 11.1 Å². The lowest BCUT2D eigenvalue weighted by Crippen LogP contribution is -2.43. The fourth-order valence-corrected chi connectivity index (χ4v) is 1.76. The second kappa shape index (κ2) is 6.58. The van der Waals surface area contributed by atoms with E-state index in [1.54, 1.807) is 6.08 Å². The normalized spacial score (nSPS) is 18.7. The maximum atomic E-state index is 11.4. The summed E-state index contributed by atoms with van der Waals surface area (Å²) in [5, 5.41) is 2.84. The first-order valence-electron chi connectivity index (χ1n) is 5.60. The maximum absolute atomic E-state index is 11.4. The molecule has 0 aromatic rings. The summed E-state index contributed by atoms with van der Waals surface area (Å²) in [4.78, 5) is 13.8. The van der Waals surface area contributed by atoms with E-state index >= 15 is 0 Å². The van der Waals surface area contributed by atoms with Crippen molar-refractivity contribution in [3.63, 3.8) is 0 Å². The van der Waals surface area contributed by atoms with Crippen molar-refractivity contribution in [2.75, 3.05) is 26.2 Å². The van der Waals surface area contributed by atoms with Crippen LogP contribution in [0.25, 0.3) is 0 Å². The number of hydrogen-bond acceptors (Lipinski definition) is 3. The lowest BCUT2D eigenvalue weighted by Gasteiger charge is -2.16. The van der Waals surface area contributed by atoms with Gasteiger partial charge in [0.25, 0.3) is 0 Å². The molecule has 15 heavy (non-hydrogen) atoms. The Bertz CT molecular complexity index is 212. The molecule has 1 aliphatic rings. The van der Waals surface area contributed by atoms with Crippen LogP contribution in [0.5, 0.6) is 0 Å². The Balaban J connectivity index is 2.07. The number of rotatable bonds is 6. The minimum absolute atomic E-state index is 0.0749. The Morgan fingerprint density at radius 3 is 2.80 bits per heavy atom. The van der Waals surface area contributed by atoms with Gasteiger partial charge in [-0.2, -0.15) is 0 Å². The first-order chi connectivity index (χ1) is 7.24. The highest BCUT2D eigenvalue weighted by atomic mass is 16.2. The van der Waals surface area contributed by atoms with Crippen molar-refractivity contribution in [2.24, 2.45) is 5.73 Å². The molecule has 0 aromatic carbocycles. The summed E-state index contributed by atoms with van der Waals surface area (Å²) >= 11 is 0. The fraction of sp³-hybridized carbons (Fsp3) is 0.727. The van der Waals surface area contributed by atoms with Crippen LogP contribution in [-0.2, 0) is 4.79 Å². The number of carbonyl (C=O) groups excluding carboxylic acids is 1. The Hall–Kier alpha value is -0.870. The molecule has 4 heteroatoms. The summed E-state index contributed by atoms with van der Waals surface area (Å²) in [5.74, 6) is -0.0749. The van der Waals surface area contributed by atoms with Gasteiger partial charge in [0, 0.05) is 13.1 Å². The van der Waals surface area contributed by atoms with Crippen LogP contribution in [0.1, 0.15) is 19.3 Å². The lowest BCUT2D eigenvalue weighted by atomic mass is 10.2. The number of hydrogen-bond donors (Lipinski definition) is 2. The smallest absolute Gasteiger partial charge is 0.237 e. The quantitative estimate of drug-likeness (QED) is 0.613. The maximum Gasteiger partial charge on any atom is 0.237 e. The van der Waals surface area contributed by atoms with E-state index in [1.807, 2.05) is 0 Å². The van der Waals surface area contributed by atoms with Gasteiger partial charge in [0.2, 0.25) is 5.91 Å². The number of likely N-dealkylation sites (tertiary alicyclic amines) is 1. The Kier molecular flexibility index (Phi) is 5.36. The third kappa shape index (κ3) is 4.44. The average Bonchev–Trinajstić information content (AvgIpc) is 2.71. The fourth-order valence-electron chi connectivity index (χ4n) is 1.76. The van der Waals surface area contributed by atoms with E-state index in [0.717, 1.165) is 19.6 Å². The first kappa shape index (κ1) is 12.2. The van der Waals surface area contributed by atoms with Crippen LogP contribution in [0.15, 0.2) is 12.7 Å². The standard InChI is InChI=1S/C11H21N3O/c1-2-5-10(12)11(15)13-6-9-14-7-3-4-8-14/h2,10H,1,3-9,12H2,(H,13,15). The first-order valence-corrected chi connectivity index (χ1v) is 5.60. The van der Waals surface area contributed by atoms with E-state index in [0.29, 0.717) is 13.0 Å². The van der Waals surface area contributed by atoms with Crippen molar-refractivity contribution in [3.05, 3.63) is 12.7 Å². The zero-order valence-electron chi connectivity index (χ0n) is 9.24. The van der Waals surface area contributed by atoms with Crippen molar-refractivity contribution >= 4 is 5.91 Å². The van der Waals surface area contributed by atoms with Crippen molar-refractivity contribution in [2.45, 2.75) is 25.3 Å². The SMILES string of the molecule is C=CCC(N)C(=O)NCCN1CCCC1. The van der Waals surface area contributed by atoms with E-state index in [-0.39, 0.29) is 5.91 Å². The average molecular weight is 211 g/mol. The van der Waals surface area contributed by atoms with Crippen LogP contribution in [0.3, 0.4) is 0 Å². The Morgan fingerprint density at radius 2 is 2.20 bits per heavy atom. The van der Waals surface area contributed by atoms with Crippen LogP contribution in [0.2, 0.25) is 0 Å². The number of nitrogens with one attached hydrogen (secondary N) is 1. The van der Waals surface area contributed by atoms with Gasteiger partial charge in [-0.05, 0) is 32.4 Å². The number of nitrogens with zero attached hydrogens (tertiary/aromatic N) is 1. The predicted molar refractivity (Wildman–Crippen MR) is 61.5 cm³/mol. The summed E-state index contributed by atoms with van der Waals surface area (Å²) in [6.07, 6.45) is 4.77. The molecule has 0 aromatic heterocycles. The van der Waals surface area contributed by atoms with Gasteiger partial charge >= 0.3 is 0 Å². The molecule has 1 aliphatic heterocycles. The van der Waals surface area contributed by atoms with Gasteiger partial charge in [-0.3, -0.25) is 4.79 Å². The summed E-state index contributed by atoms with van der Waals surface area (Å²) in [7, 11) is 0. The second-order valence-electron chi connectivity index (χ2n) is 3.97. The molecule has 1 saturated heterocycles. The summed E-state index contributed by atoms with van der Waals surface area (Å²) in [5.41, 5.74) is 5.63. The molecule has 1 heterocycles. The van der Waals surface area contributed by atoms with Gasteiger partial charge in [0.15, 0.2) is 0 Å². The molecule has 0 spiro atoms. The molecule has 1 rings (SSSR count). The van der Waals surface area contributed by atoms with Crippen molar-refractivity contribution in [3.8, 4) is 0 Å². The van der Waals surface area contributed by atoms with Crippen LogP contribution in [0, 0.1) is 0 Å². The highest BCUT2D eigenvalue weighted by Gasteiger charge is 2.13. The topological polar surface area (TPSA) is 58.4 Å². The van der Waals surface area contributed by atoms with E-state index < -0.39 is 6.04 Å². The van der Waals surface area contributed by atoms with Crippen molar-refractivity contribution in [1.82, 2.24) is 10.2 Å². The molecule has 0 radical (unpaired) electrons. The van der Waals surface area contributed by atoms with E-state index in [4.69, 9.17) is 5.73 Å². The Morgan fingerprint density at radius 1 is 1.53 bits per heavy atom. The molecule has 0 aliphatic carbocycles. The summed E-state index contributed by atoms with van der Waals surface area (Å²) in [6, 6.07) is -0.443. The van der Waals surface area contributed by atoms with Crippen molar-refractivity contribution < 1.29 is 4.79 Å². The molecule has 0 bridgehead atoms. The zero-order valence-corrected chi connectivity index (χ0v) is 9.24. The summed E-state index contributed by atoms with van der Waals surface area (Å²) < 4.78 is 0. The van der Waals surface area contributed by atoms with Crippen LogP contribution in [-0.4, -0.2) is 43.0 Å². The molecule has 1 atom stereocenters. The van der Waals surface area contributed by atoms with Gasteiger partial charge in [0.1, 0.15) is 0 Å². The highest BCUT2D eigenvalue weighted by Crippen LogP contribution is 2.05. The third-order valence-corrected chi connectivity index (χ3v) is 2.68. The number of amides is 1. The molecule has 86 valence electrons. The molecule has 1 unspecified atom stereocenters. The minimum Gasteiger partial charge on any atom is -0.353 e. The van der Waals surface area contributed by atoms with Crippen molar-refractivity contribution in [1.29, 1.82) is 0 Å². The van der Waals surface area contributed by atoms with Gasteiger partial charge in [-0.25, -0.2) is 0 Å². The largest absolute Gasteiger partial charge is 0.353 e. The zero-order chi connectivity index (χ0) is 11.1. The molecule has 1 fully saturated rings. The van der Waals surface area contributed by atoms with Crippen LogP contribution >= 0.6 is 0 Å². The van der Waals surface area contributed by atoms with Gasteiger partial charge < -0.3 is 16.0 Å². The van der Waals surface area contributed by atoms with E-state index in [1.165, 1.54) is 12.8 Å². The molecular weight excluding hydrogens is 190 g/mol. The second-order valence-corrected chi connectivity index (χ2v) is 3.97. The van der Waals surface area contributed by atoms with E-state index in [2.05, 4.69) is 16.8 Å². The molecule has 4 nitrogen and oxygen atoms in total. The minimum atomic E-state index is -0.443. The third-order valence-electron chi connectivity index (χ3n) is 2.68. The molecule has 0 saturated carbocycles. The van der Waals surface area contributed by atoms with Gasteiger partial charge in [-0.1, -0.05) is 6.08 Å². The highest BCUT2D eigenvalue weighted by molar-refractivity contribution is 5.81. The molecule has 1 amide bonds. The monoisotopic (exact) mass is 211 g/mol. The predicted octanol–water partition coefficient (Wildman–Crippen LogP) is 0.102. The Labute approximate surface area is 91.5 Å².